The van der Waals surface area contributed by atoms with Gasteiger partial charge in [0.2, 0.25) is 5.91 Å². The maximum atomic E-state index is 12.6. The molecule has 142 valence electrons. The van der Waals surface area contributed by atoms with Crippen LogP contribution in [0.1, 0.15) is 32.4 Å². The fourth-order valence-electron chi connectivity index (χ4n) is 2.84. The molecule has 0 saturated carbocycles. The Hall–Kier alpha value is -1.50. The molecule has 0 radical (unpaired) electrons. The Labute approximate surface area is 164 Å². The van der Waals surface area contributed by atoms with Crippen molar-refractivity contribution in [3.05, 3.63) is 46.7 Å². The van der Waals surface area contributed by atoms with Gasteiger partial charge >= 0.3 is 0 Å². The number of likely N-dealkylation sites (N-methyl/N-ethyl adjacent to an activating group) is 1. The molecule has 0 fully saturated rings. The zero-order valence-corrected chi connectivity index (χ0v) is 17.5. The first-order chi connectivity index (χ1) is 12.6. The second-order valence-electron chi connectivity index (χ2n) is 5.97. The van der Waals surface area contributed by atoms with E-state index < -0.39 is 0 Å². The summed E-state index contributed by atoms with van der Waals surface area (Å²) < 4.78 is 5.17. The van der Waals surface area contributed by atoms with Gasteiger partial charge in [0.15, 0.2) is 0 Å². The number of amides is 1. The Morgan fingerprint density at radius 1 is 1.23 bits per heavy atom. The summed E-state index contributed by atoms with van der Waals surface area (Å²) in [5.41, 5.74) is 1.27. The minimum Gasteiger partial charge on any atom is -0.497 e. The molecule has 0 aliphatic carbocycles. The second kappa shape index (κ2) is 10.6. The first kappa shape index (κ1) is 20.8. The van der Waals surface area contributed by atoms with E-state index in [0.29, 0.717) is 6.54 Å². The third kappa shape index (κ3) is 5.76. The molecule has 0 spiro atoms. The Bertz CT molecular complexity index is 655. The predicted molar refractivity (Wildman–Crippen MR) is 111 cm³/mol. The highest BCUT2D eigenvalue weighted by Gasteiger charge is 2.21. The van der Waals surface area contributed by atoms with Crippen molar-refractivity contribution in [2.24, 2.45) is 0 Å². The standard InChI is InChI=1S/C20H28N2O2S2/c1-5-22(6-2)19(16-11-12-25-14-16)13-21-20(23)15(3)26-18-9-7-17(24-4)8-10-18/h7-12,14-15,19H,5-6,13H2,1-4H3,(H,21,23). The van der Waals surface area contributed by atoms with E-state index in [1.807, 2.05) is 31.2 Å². The molecule has 4 nitrogen and oxygen atoms in total. The molecule has 0 aliphatic heterocycles. The molecule has 26 heavy (non-hydrogen) atoms. The average molecular weight is 393 g/mol. The van der Waals surface area contributed by atoms with E-state index in [9.17, 15) is 4.79 Å². The quantitative estimate of drug-likeness (QED) is 0.607. The fourth-order valence-corrected chi connectivity index (χ4v) is 4.44. The van der Waals surface area contributed by atoms with E-state index in [0.717, 1.165) is 23.7 Å². The summed E-state index contributed by atoms with van der Waals surface area (Å²) in [5.74, 6) is 0.891. The van der Waals surface area contributed by atoms with E-state index in [1.54, 1.807) is 30.2 Å². The van der Waals surface area contributed by atoms with Crippen LogP contribution < -0.4 is 10.1 Å². The lowest BCUT2D eigenvalue weighted by atomic mass is 10.1. The number of rotatable bonds is 10. The predicted octanol–water partition coefficient (Wildman–Crippen LogP) is 4.44. The van der Waals surface area contributed by atoms with Crippen LogP contribution in [0.4, 0.5) is 0 Å². The van der Waals surface area contributed by atoms with Crippen LogP contribution in [-0.4, -0.2) is 42.8 Å². The molecule has 1 N–H and O–H groups in total. The molecule has 1 amide bonds. The number of carbonyl (C=O) groups is 1. The van der Waals surface area contributed by atoms with Gasteiger partial charge in [0, 0.05) is 11.4 Å². The van der Waals surface area contributed by atoms with Gasteiger partial charge in [-0.1, -0.05) is 13.8 Å². The van der Waals surface area contributed by atoms with Crippen LogP contribution >= 0.6 is 23.1 Å². The van der Waals surface area contributed by atoms with Crippen molar-refractivity contribution in [2.45, 2.75) is 37.0 Å². The van der Waals surface area contributed by atoms with Crippen LogP contribution in [-0.2, 0) is 4.79 Å². The van der Waals surface area contributed by atoms with Gasteiger partial charge in [0.1, 0.15) is 5.75 Å². The zero-order valence-electron chi connectivity index (χ0n) is 15.9. The Balaban J connectivity index is 1.93. The highest BCUT2D eigenvalue weighted by atomic mass is 32.2. The van der Waals surface area contributed by atoms with Crippen molar-refractivity contribution < 1.29 is 9.53 Å². The molecule has 2 atom stereocenters. The summed E-state index contributed by atoms with van der Waals surface area (Å²) in [6, 6.07) is 10.2. The monoisotopic (exact) mass is 392 g/mol. The largest absolute Gasteiger partial charge is 0.497 e. The summed E-state index contributed by atoms with van der Waals surface area (Å²) in [6.07, 6.45) is 0. The number of hydrogen-bond donors (Lipinski definition) is 1. The van der Waals surface area contributed by atoms with Crippen LogP contribution in [0.2, 0.25) is 0 Å². The molecule has 0 aliphatic rings. The number of ether oxygens (including phenoxy) is 1. The average Bonchev–Trinajstić information content (AvgIpc) is 3.19. The number of methoxy groups -OCH3 is 1. The number of benzene rings is 1. The summed E-state index contributed by atoms with van der Waals surface area (Å²) >= 11 is 3.26. The van der Waals surface area contributed by atoms with E-state index >= 15 is 0 Å². The lowest BCUT2D eigenvalue weighted by molar-refractivity contribution is -0.120. The van der Waals surface area contributed by atoms with Gasteiger partial charge in [-0.2, -0.15) is 11.3 Å². The lowest BCUT2D eigenvalue weighted by Crippen LogP contribution is -2.40. The van der Waals surface area contributed by atoms with E-state index in [4.69, 9.17) is 4.74 Å². The third-order valence-corrected chi connectivity index (χ3v) is 6.21. The Morgan fingerprint density at radius 3 is 2.46 bits per heavy atom. The van der Waals surface area contributed by atoms with Gasteiger partial charge in [-0.3, -0.25) is 9.69 Å². The zero-order chi connectivity index (χ0) is 18.9. The van der Waals surface area contributed by atoms with Crippen molar-refractivity contribution >= 4 is 29.0 Å². The van der Waals surface area contributed by atoms with Crippen molar-refractivity contribution in [2.75, 3.05) is 26.7 Å². The maximum Gasteiger partial charge on any atom is 0.233 e. The van der Waals surface area contributed by atoms with Crippen molar-refractivity contribution in [3.63, 3.8) is 0 Å². The van der Waals surface area contributed by atoms with E-state index in [1.165, 1.54) is 5.56 Å². The first-order valence-electron chi connectivity index (χ1n) is 8.93. The third-order valence-electron chi connectivity index (χ3n) is 4.39. The number of thiophene rings is 1. The Morgan fingerprint density at radius 2 is 1.92 bits per heavy atom. The van der Waals surface area contributed by atoms with Crippen LogP contribution in [0.5, 0.6) is 5.75 Å². The molecule has 1 aromatic heterocycles. The molecule has 2 rings (SSSR count). The molecule has 1 aromatic carbocycles. The maximum absolute atomic E-state index is 12.6. The van der Waals surface area contributed by atoms with Gasteiger partial charge in [-0.05, 0) is 66.7 Å². The van der Waals surface area contributed by atoms with Gasteiger partial charge < -0.3 is 10.1 Å². The topological polar surface area (TPSA) is 41.6 Å². The Kier molecular flexibility index (Phi) is 8.48. The van der Waals surface area contributed by atoms with Crippen molar-refractivity contribution in [3.8, 4) is 5.75 Å². The highest BCUT2D eigenvalue weighted by molar-refractivity contribution is 8.00. The molecule has 0 bridgehead atoms. The summed E-state index contributed by atoms with van der Waals surface area (Å²) in [4.78, 5) is 16.0. The fraction of sp³-hybridized carbons (Fsp3) is 0.450. The van der Waals surface area contributed by atoms with Gasteiger partial charge in [-0.25, -0.2) is 0 Å². The molecule has 0 saturated heterocycles. The summed E-state index contributed by atoms with van der Waals surface area (Å²) in [7, 11) is 1.65. The molecule has 2 aromatic rings. The van der Waals surface area contributed by atoms with Crippen LogP contribution in [0.15, 0.2) is 46.0 Å². The van der Waals surface area contributed by atoms with Crippen LogP contribution in [0.25, 0.3) is 0 Å². The number of nitrogens with one attached hydrogen (secondary N) is 1. The first-order valence-corrected chi connectivity index (χ1v) is 10.8. The summed E-state index contributed by atoms with van der Waals surface area (Å²) in [5, 5.41) is 7.26. The van der Waals surface area contributed by atoms with Gasteiger partial charge in [0.25, 0.3) is 0 Å². The minimum absolute atomic E-state index is 0.0678. The number of hydrogen-bond acceptors (Lipinski definition) is 5. The lowest BCUT2D eigenvalue weighted by Gasteiger charge is -2.29. The van der Waals surface area contributed by atoms with Crippen molar-refractivity contribution in [1.82, 2.24) is 10.2 Å². The molecule has 6 heteroatoms. The normalized spacial score (nSPS) is 13.4. The van der Waals surface area contributed by atoms with Gasteiger partial charge in [-0.15, -0.1) is 11.8 Å². The van der Waals surface area contributed by atoms with E-state index in [2.05, 4.69) is 40.9 Å². The highest BCUT2D eigenvalue weighted by Crippen LogP contribution is 2.26. The van der Waals surface area contributed by atoms with Crippen LogP contribution in [0, 0.1) is 0 Å². The number of carbonyl (C=O) groups excluding carboxylic acids is 1. The molecule has 1 heterocycles. The number of nitrogens with zero attached hydrogens (tertiary/aromatic N) is 1. The molecule has 2 unspecified atom stereocenters. The molecular formula is C20H28N2O2S2. The van der Waals surface area contributed by atoms with Crippen molar-refractivity contribution in [1.29, 1.82) is 0 Å². The SMILES string of the molecule is CCN(CC)C(CNC(=O)C(C)Sc1ccc(OC)cc1)c1ccsc1. The smallest absolute Gasteiger partial charge is 0.233 e. The second-order valence-corrected chi connectivity index (χ2v) is 8.17. The molecular weight excluding hydrogens is 364 g/mol. The van der Waals surface area contributed by atoms with Crippen LogP contribution in [0.3, 0.4) is 0 Å². The minimum atomic E-state index is -0.150. The summed E-state index contributed by atoms with van der Waals surface area (Å²) in [6.45, 7) is 8.82. The van der Waals surface area contributed by atoms with Gasteiger partial charge in [0.05, 0.1) is 18.4 Å². The van der Waals surface area contributed by atoms with E-state index in [-0.39, 0.29) is 17.2 Å². The number of thioether (sulfide) groups is 1.